The normalized spacial score (nSPS) is 14.2. The van der Waals surface area contributed by atoms with Crippen LogP contribution in [0.3, 0.4) is 0 Å². The van der Waals surface area contributed by atoms with Crippen molar-refractivity contribution in [2.24, 2.45) is 10.3 Å². The Bertz CT molecular complexity index is 1870. The summed E-state index contributed by atoms with van der Waals surface area (Å²) in [7, 11) is -11.7. The summed E-state index contributed by atoms with van der Waals surface area (Å²) in [4.78, 5) is 22.2. The van der Waals surface area contributed by atoms with Crippen LogP contribution in [0.2, 0.25) is 0 Å². The van der Waals surface area contributed by atoms with Crippen LogP contribution in [0.15, 0.2) is 0 Å². The maximum Gasteiger partial charge on any atom is 0.232 e. The van der Waals surface area contributed by atoms with Crippen LogP contribution in [-0.2, 0) is 68.1 Å². The van der Waals surface area contributed by atoms with E-state index in [2.05, 4.69) is 5.14 Å². The van der Waals surface area contributed by atoms with E-state index >= 15 is 0 Å². The average Bonchev–Trinajstić information content (AvgIpc) is 4.03. The number of carbonyl (C=O) groups excluding carboxylic acids is 2. The number of nitrogens with one attached hydrogen (secondary N) is 2. The molecule has 0 aromatic rings. The minimum atomic E-state index is -3.62. The van der Waals surface area contributed by atoms with E-state index in [1.165, 1.54) is 18.9 Å². The van der Waals surface area contributed by atoms with E-state index in [1.807, 2.05) is 4.72 Å². The summed E-state index contributed by atoms with van der Waals surface area (Å²) in [5, 5.41) is 16.2. The Hall–Kier alpha value is -1.53. The van der Waals surface area contributed by atoms with Crippen LogP contribution in [0, 0.1) is 11.9 Å². The predicted molar refractivity (Wildman–Crippen MR) is 249 cm³/mol. The van der Waals surface area contributed by atoms with Gasteiger partial charge in [0, 0.05) is 41.5 Å². The SMILES string of the molecule is C1CCOC1.CC(C)(C)OC(=O)NS(=O)(=O)C1CC1.CC(C)(C)OC(=O)NS(=O)(=O)CCCCl.N.NS(=O)(=O)C1CC1.NS(=O)(=O)CCCCl.O.O=BC#CO.O=S(=O)(Cl)CCCCl. The molecule has 23 nitrogen and oxygen atoms in total. The van der Waals surface area contributed by atoms with Crippen LogP contribution in [-0.4, -0.2) is 142 Å². The first-order valence-electron chi connectivity index (χ1n) is 18.3. The molecule has 0 atom stereocenters. The number of alkyl halides is 3. The molecule has 2 aliphatic carbocycles. The number of halogens is 4. The number of sulfonamides is 4. The van der Waals surface area contributed by atoms with Crippen LogP contribution < -0.4 is 25.9 Å². The first kappa shape index (κ1) is 74.0. The van der Waals surface area contributed by atoms with E-state index < -0.39 is 77.8 Å². The number of aliphatic hydroxyl groups is 1. The second kappa shape index (κ2) is 37.5. The molecule has 0 aromatic carbocycles. The van der Waals surface area contributed by atoms with Gasteiger partial charge in [-0.3, -0.25) is 0 Å². The predicted octanol–water partition coefficient (Wildman–Crippen LogP) is 2.46. The average molecular weight is 1110 g/mol. The molecule has 0 aromatic heterocycles. The largest absolute Gasteiger partial charge is 0.232 e. The first-order chi connectivity index (χ1) is 28.0. The van der Waals surface area contributed by atoms with Gasteiger partial charge in [-0.15, -0.1) is 34.8 Å². The monoisotopic (exact) mass is 1110 g/mol. The maximum atomic E-state index is 11.3. The molecule has 12 N–H and O–H groups in total. The first-order valence-corrected chi connectivity index (χ1v) is 28.9. The van der Waals surface area contributed by atoms with Gasteiger partial charge in [-0.25, -0.2) is 71.4 Å². The summed E-state index contributed by atoms with van der Waals surface area (Å²) in [5.74, 6) is 2.42. The Morgan fingerprint density at radius 2 is 1.09 bits per heavy atom. The van der Waals surface area contributed by atoms with E-state index in [-0.39, 0.29) is 40.0 Å². The smallest absolute Gasteiger partial charge is 0.212 e. The van der Waals surface area contributed by atoms with Gasteiger partial charge in [-0.1, -0.05) is 0 Å². The van der Waals surface area contributed by atoms with Crippen molar-refractivity contribution in [1.29, 1.82) is 0 Å². The molecule has 0 bridgehead atoms. The Morgan fingerprint density at radius 3 is 1.30 bits per heavy atom. The summed E-state index contributed by atoms with van der Waals surface area (Å²) < 4.78 is 133. The zero-order valence-corrected chi connectivity index (χ0v) is 43.8. The van der Waals surface area contributed by atoms with Crippen molar-refractivity contribution in [3.05, 3.63) is 0 Å². The van der Waals surface area contributed by atoms with E-state index in [0.717, 1.165) is 26.1 Å². The van der Waals surface area contributed by atoms with Gasteiger partial charge in [0.1, 0.15) is 11.2 Å². The molecule has 33 heteroatoms. The fourth-order valence-corrected chi connectivity index (χ4v) is 8.17. The molecule has 64 heavy (non-hydrogen) atoms. The number of carbonyl (C=O) groups is 2. The molecule has 1 aliphatic heterocycles. The second-order valence-corrected chi connectivity index (χ2v) is 25.9. The molecule has 3 rings (SSSR count). The third-order valence-electron chi connectivity index (χ3n) is 5.80. The van der Waals surface area contributed by atoms with Crippen LogP contribution >= 0.6 is 45.5 Å². The van der Waals surface area contributed by atoms with Gasteiger partial charge in [-0.2, -0.15) is 0 Å². The van der Waals surface area contributed by atoms with Gasteiger partial charge in [0.25, 0.3) is 0 Å². The van der Waals surface area contributed by atoms with Gasteiger partial charge < -0.3 is 25.8 Å². The van der Waals surface area contributed by atoms with Crippen LogP contribution in [0.5, 0.6) is 0 Å². The molecular formula is C31H66BCl4N5O18S5. The molecule has 3 fully saturated rings. The quantitative estimate of drug-likeness (QED) is 0.0667. The maximum absolute atomic E-state index is 11.3. The summed E-state index contributed by atoms with van der Waals surface area (Å²) in [6.07, 6.45) is 6.01. The number of aliphatic hydroxyl groups excluding tert-OH is 1. The summed E-state index contributed by atoms with van der Waals surface area (Å²) >= 11 is 15.7. The molecule has 2 saturated carbocycles. The van der Waals surface area contributed by atoms with Gasteiger partial charge in [0.15, 0.2) is 0 Å². The third kappa shape index (κ3) is 62.6. The summed E-state index contributed by atoms with van der Waals surface area (Å²) in [6.45, 7) is 12.0. The van der Waals surface area contributed by atoms with Crippen molar-refractivity contribution in [3.8, 4) is 11.9 Å². The number of nitrogens with two attached hydrogens (primary N) is 2. The molecular weight excluding hydrogens is 1040 g/mol. The number of hydrogen-bond acceptors (Lipinski definition) is 18. The zero-order valence-electron chi connectivity index (χ0n) is 36.6. The van der Waals surface area contributed by atoms with Crippen molar-refractivity contribution in [2.45, 2.75) is 121 Å². The number of hydrogen-bond donors (Lipinski definition) is 6. The fourth-order valence-electron chi connectivity index (χ4n) is 3.01. The minimum Gasteiger partial charge on any atom is -0.212 e. The van der Waals surface area contributed by atoms with Crippen molar-refractivity contribution >= 4 is 114 Å². The van der Waals surface area contributed by atoms with Gasteiger partial charge in [-0.05, 0) is 99.3 Å². The number of rotatable bonds is 13. The van der Waals surface area contributed by atoms with Gasteiger partial charge in [0.2, 0.25) is 49.1 Å². The van der Waals surface area contributed by atoms with Crippen molar-refractivity contribution in [1.82, 2.24) is 15.6 Å². The van der Waals surface area contributed by atoms with Crippen LogP contribution in [0.4, 0.5) is 9.59 Å². The fraction of sp³-hybridized carbons (Fsp3) is 0.871. The van der Waals surface area contributed by atoms with E-state index in [4.69, 9.17) is 74.6 Å². The molecule has 2 amide bonds. The number of ether oxygens (including phenoxy) is 3. The Morgan fingerprint density at radius 1 is 0.719 bits per heavy atom. The number of primary sulfonamides is 2. The molecule has 1 heterocycles. The standard InChI is InChI=1S/C8H16ClNO4S.C8H15NO4S.C4H8O.C3H6Cl2O2S.C3H8ClNO2S.C3H7NO2S.C2HBO2.H3N.H2O/c1-8(2,3)14-7(11)10-15(12,13)6-4-5-9;1-8(2,3)13-7(10)9-14(11,12)6-4-5-6;1-2-4-5-3-1;2*4-2-1-3-8(5,6)7;4-7(5,6)3-1-2-3;4-2-1-3-5;;/h4-6H2,1-3H3,(H,10,11);6H,4-5H2,1-3H3,(H,9,10);1-4H2;1-3H2;1-3H2,(H2,5,6,7);3H,1-2H2,(H2,4,5,6);4H;1H3;1H2. The summed E-state index contributed by atoms with van der Waals surface area (Å²) in [6, 6.07) is 0. The number of amides is 2. The van der Waals surface area contributed by atoms with Crippen molar-refractivity contribution in [2.75, 3.05) is 48.1 Å². The Balaban J connectivity index is -0.000000158. The molecule has 0 spiro atoms. The zero-order chi connectivity index (χ0) is 49.5. The van der Waals surface area contributed by atoms with E-state index in [9.17, 15) is 51.7 Å². The van der Waals surface area contributed by atoms with Gasteiger partial charge in [0.05, 0.1) is 27.8 Å². The third-order valence-corrected chi connectivity index (χ3v) is 13.2. The summed E-state index contributed by atoms with van der Waals surface area (Å²) in [5.41, 5.74) is -1.39. The molecule has 384 valence electrons. The van der Waals surface area contributed by atoms with Crippen LogP contribution in [0.1, 0.15) is 99.3 Å². The van der Waals surface area contributed by atoms with E-state index in [1.54, 1.807) is 52.1 Å². The topological polar surface area (TPSA) is 412 Å². The Labute approximate surface area is 399 Å². The van der Waals surface area contributed by atoms with Crippen molar-refractivity contribution < 1.29 is 81.2 Å². The molecule has 1 saturated heterocycles. The molecule has 0 radical (unpaired) electrons. The molecule has 3 aliphatic rings. The van der Waals surface area contributed by atoms with E-state index in [0.29, 0.717) is 51.0 Å². The minimum absolute atomic E-state index is 0. The Kier molecular flexibility index (Phi) is 43.3. The van der Waals surface area contributed by atoms with Gasteiger partial charge >= 0.3 is 41.1 Å². The van der Waals surface area contributed by atoms with Crippen molar-refractivity contribution in [3.63, 3.8) is 0 Å². The molecule has 0 unspecified atom stereocenters. The van der Waals surface area contributed by atoms with Crippen LogP contribution in [0.25, 0.3) is 0 Å². The second-order valence-electron chi connectivity index (χ2n) is 14.5.